The molecule has 0 spiro atoms. The molecule has 1 atom stereocenters. The highest BCUT2D eigenvalue weighted by atomic mass is 35.5. The predicted octanol–water partition coefficient (Wildman–Crippen LogP) is 4.36. The zero-order valence-electron chi connectivity index (χ0n) is 20.5. The molecule has 0 heterocycles. The first-order valence-corrected chi connectivity index (χ1v) is 13.4. The Hall–Kier alpha value is -3.27. The lowest BCUT2D eigenvalue weighted by atomic mass is 10.1. The second-order valence-electron chi connectivity index (χ2n) is 8.08. The fourth-order valence-electron chi connectivity index (χ4n) is 3.64. The zero-order chi connectivity index (χ0) is 27.2. The first kappa shape index (κ1) is 28.3. The van der Waals surface area contributed by atoms with E-state index in [1.165, 1.54) is 49.4 Å². The lowest BCUT2D eigenvalue weighted by Crippen LogP contribution is -2.50. The van der Waals surface area contributed by atoms with E-state index in [0.29, 0.717) is 10.8 Å². The quantitative estimate of drug-likeness (QED) is 0.395. The van der Waals surface area contributed by atoms with Crippen LogP contribution < -0.4 is 14.4 Å². The molecule has 8 nitrogen and oxygen atoms in total. The molecule has 0 aliphatic heterocycles. The average molecular weight is 564 g/mol. The van der Waals surface area contributed by atoms with Crippen molar-refractivity contribution < 1.29 is 22.7 Å². The van der Waals surface area contributed by atoms with E-state index < -0.39 is 34.4 Å². The highest BCUT2D eigenvalue weighted by molar-refractivity contribution is 7.92. The number of nitrogens with one attached hydrogen (secondary N) is 1. The van der Waals surface area contributed by atoms with Crippen LogP contribution in [0.15, 0.2) is 77.7 Å². The van der Waals surface area contributed by atoms with Crippen molar-refractivity contribution >= 4 is 50.7 Å². The van der Waals surface area contributed by atoms with Crippen molar-refractivity contribution in [1.29, 1.82) is 0 Å². The van der Waals surface area contributed by atoms with Gasteiger partial charge in [-0.05, 0) is 55.0 Å². The fraction of sp³-hybridized carbons (Fsp3) is 0.231. The van der Waals surface area contributed by atoms with Gasteiger partial charge in [0, 0.05) is 18.6 Å². The Morgan fingerprint density at radius 3 is 2.22 bits per heavy atom. The fourth-order valence-corrected chi connectivity index (χ4v) is 5.44. The Morgan fingerprint density at radius 1 is 1.00 bits per heavy atom. The summed E-state index contributed by atoms with van der Waals surface area (Å²) in [6, 6.07) is 18.1. The molecular formula is C26H27Cl2N3O5S. The molecule has 196 valence electrons. The SMILES string of the molecule is CNC(=O)[C@@H](C)N(Cc1ccc(Cl)cc1)C(=O)CN(c1ccc(OC)c(Cl)c1)S(=O)(=O)c1ccccc1. The molecule has 3 rings (SSSR count). The maximum absolute atomic E-state index is 13.7. The Bertz CT molecular complexity index is 1350. The van der Waals surface area contributed by atoms with Crippen molar-refractivity contribution in [3.8, 4) is 5.75 Å². The van der Waals surface area contributed by atoms with Gasteiger partial charge >= 0.3 is 0 Å². The second kappa shape index (κ2) is 12.3. The van der Waals surface area contributed by atoms with Crippen molar-refractivity contribution in [3.63, 3.8) is 0 Å². The third-order valence-corrected chi connectivity index (χ3v) is 8.05. The maximum Gasteiger partial charge on any atom is 0.264 e. The standard InChI is InChI=1S/C26H27Cl2N3O5S/c1-18(26(33)29-2)30(16-19-9-11-20(27)12-10-19)25(32)17-31(21-13-14-24(36-3)23(28)15-21)37(34,35)22-7-5-4-6-8-22/h4-15,18H,16-17H2,1-3H3,(H,29,33)/t18-/m1/s1. The number of hydrogen-bond donors (Lipinski definition) is 1. The number of ether oxygens (including phenoxy) is 1. The van der Waals surface area contributed by atoms with Crippen molar-refractivity contribution in [2.75, 3.05) is 25.0 Å². The summed E-state index contributed by atoms with van der Waals surface area (Å²) in [7, 11) is -1.27. The first-order valence-electron chi connectivity index (χ1n) is 11.2. The van der Waals surface area contributed by atoms with Crippen LogP contribution in [0.25, 0.3) is 0 Å². The molecule has 0 saturated carbocycles. The average Bonchev–Trinajstić information content (AvgIpc) is 2.90. The van der Waals surface area contributed by atoms with Gasteiger partial charge in [0.2, 0.25) is 11.8 Å². The molecule has 0 bridgehead atoms. The Balaban J connectivity index is 2.05. The number of hydrogen-bond acceptors (Lipinski definition) is 5. The number of anilines is 1. The van der Waals surface area contributed by atoms with E-state index in [1.54, 1.807) is 49.4 Å². The van der Waals surface area contributed by atoms with Crippen molar-refractivity contribution in [3.05, 3.63) is 88.4 Å². The minimum absolute atomic E-state index is 0.00154. The summed E-state index contributed by atoms with van der Waals surface area (Å²) < 4.78 is 33.6. The van der Waals surface area contributed by atoms with Crippen LogP contribution in [-0.2, 0) is 26.2 Å². The number of likely N-dealkylation sites (N-methyl/N-ethyl adjacent to an activating group) is 1. The molecule has 1 N–H and O–H groups in total. The van der Waals surface area contributed by atoms with Crippen LogP contribution in [0.3, 0.4) is 0 Å². The minimum atomic E-state index is -4.18. The van der Waals surface area contributed by atoms with Gasteiger partial charge in [-0.15, -0.1) is 0 Å². The summed E-state index contributed by atoms with van der Waals surface area (Å²) in [6.45, 7) is 1.06. The molecule has 0 aliphatic carbocycles. The predicted molar refractivity (Wildman–Crippen MR) is 145 cm³/mol. The molecule has 2 amide bonds. The Kier molecular flexibility index (Phi) is 9.42. The van der Waals surface area contributed by atoms with E-state index in [0.717, 1.165) is 9.87 Å². The zero-order valence-corrected chi connectivity index (χ0v) is 22.8. The summed E-state index contributed by atoms with van der Waals surface area (Å²) in [6.07, 6.45) is 0. The molecule has 0 fully saturated rings. The van der Waals surface area contributed by atoms with Gasteiger partial charge in [0.15, 0.2) is 0 Å². The molecule has 0 aliphatic rings. The van der Waals surface area contributed by atoms with Crippen LogP contribution in [0.5, 0.6) is 5.75 Å². The third-order valence-electron chi connectivity index (χ3n) is 5.71. The molecule has 0 aromatic heterocycles. The van der Waals surface area contributed by atoms with Gasteiger partial charge in [-0.2, -0.15) is 0 Å². The van der Waals surface area contributed by atoms with Crippen molar-refractivity contribution in [2.24, 2.45) is 0 Å². The normalized spacial score (nSPS) is 11.9. The minimum Gasteiger partial charge on any atom is -0.495 e. The molecule has 3 aromatic rings. The van der Waals surface area contributed by atoms with E-state index in [2.05, 4.69) is 5.32 Å². The highest BCUT2D eigenvalue weighted by Gasteiger charge is 2.32. The van der Waals surface area contributed by atoms with Crippen LogP contribution in [0.2, 0.25) is 10.0 Å². The van der Waals surface area contributed by atoms with E-state index >= 15 is 0 Å². The number of rotatable bonds is 10. The monoisotopic (exact) mass is 563 g/mol. The van der Waals surface area contributed by atoms with Crippen LogP contribution in [0.4, 0.5) is 5.69 Å². The largest absolute Gasteiger partial charge is 0.495 e. The first-order chi connectivity index (χ1) is 17.6. The van der Waals surface area contributed by atoms with Crippen molar-refractivity contribution in [2.45, 2.75) is 24.4 Å². The van der Waals surface area contributed by atoms with Gasteiger partial charge in [0.05, 0.1) is 22.7 Å². The molecule has 37 heavy (non-hydrogen) atoms. The molecule has 3 aromatic carbocycles. The maximum atomic E-state index is 13.7. The van der Waals surface area contributed by atoms with E-state index in [-0.39, 0.29) is 22.2 Å². The number of carbonyl (C=O) groups excluding carboxylic acids is 2. The van der Waals surface area contributed by atoms with Crippen LogP contribution in [-0.4, -0.2) is 51.9 Å². The molecule has 0 saturated heterocycles. The van der Waals surface area contributed by atoms with E-state index in [9.17, 15) is 18.0 Å². The summed E-state index contributed by atoms with van der Waals surface area (Å²) in [5, 5.41) is 3.24. The molecule has 0 radical (unpaired) electrons. The van der Waals surface area contributed by atoms with Crippen LogP contribution >= 0.6 is 23.2 Å². The number of benzene rings is 3. The molecular weight excluding hydrogens is 537 g/mol. The molecule has 11 heteroatoms. The number of methoxy groups -OCH3 is 1. The smallest absolute Gasteiger partial charge is 0.264 e. The topological polar surface area (TPSA) is 96.0 Å². The van der Waals surface area contributed by atoms with Gasteiger partial charge in [-0.1, -0.05) is 53.5 Å². The number of carbonyl (C=O) groups is 2. The van der Waals surface area contributed by atoms with E-state index in [4.69, 9.17) is 27.9 Å². The number of halogens is 2. The summed E-state index contributed by atoms with van der Waals surface area (Å²) in [5.74, 6) is -0.629. The number of sulfonamides is 1. The van der Waals surface area contributed by atoms with Crippen molar-refractivity contribution in [1.82, 2.24) is 10.2 Å². The van der Waals surface area contributed by atoms with Crippen LogP contribution in [0.1, 0.15) is 12.5 Å². The Labute approximate surface area is 226 Å². The van der Waals surface area contributed by atoms with Gasteiger partial charge in [0.1, 0.15) is 18.3 Å². The lowest BCUT2D eigenvalue weighted by Gasteiger charge is -2.32. The number of amides is 2. The third kappa shape index (κ3) is 6.74. The van der Waals surface area contributed by atoms with Gasteiger partial charge in [0.25, 0.3) is 10.0 Å². The van der Waals surface area contributed by atoms with Gasteiger partial charge in [-0.25, -0.2) is 8.42 Å². The van der Waals surface area contributed by atoms with Gasteiger partial charge in [-0.3, -0.25) is 13.9 Å². The van der Waals surface area contributed by atoms with Crippen LogP contribution in [0, 0.1) is 0 Å². The van der Waals surface area contributed by atoms with Gasteiger partial charge < -0.3 is 15.0 Å². The lowest BCUT2D eigenvalue weighted by molar-refractivity contribution is -0.139. The summed E-state index contributed by atoms with van der Waals surface area (Å²) >= 11 is 12.3. The summed E-state index contributed by atoms with van der Waals surface area (Å²) in [5.41, 5.74) is 0.889. The second-order valence-corrected chi connectivity index (χ2v) is 10.8. The Morgan fingerprint density at radius 2 is 1.65 bits per heavy atom. The molecule has 0 unspecified atom stereocenters. The number of nitrogens with zero attached hydrogens (tertiary/aromatic N) is 2. The van der Waals surface area contributed by atoms with E-state index in [1.807, 2.05) is 0 Å². The highest BCUT2D eigenvalue weighted by Crippen LogP contribution is 2.32. The summed E-state index contributed by atoms with van der Waals surface area (Å²) in [4.78, 5) is 27.5.